The van der Waals surface area contributed by atoms with E-state index < -0.39 is 0 Å². The minimum absolute atomic E-state index is 0.0282. The van der Waals surface area contributed by atoms with Gasteiger partial charge >= 0.3 is 6.03 Å². The number of hydrogen-bond acceptors (Lipinski definition) is 3. The predicted octanol–water partition coefficient (Wildman–Crippen LogP) is 3.12. The number of carbonyl (C=O) groups is 2. The summed E-state index contributed by atoms with van der Waals surface area (Å²) in [6, 6.07) is 10.3. The third kappa shape index (κ3) is 4.48. The van der Waals surface area contributed by atoms with Gasteiger partial charge in [0.05, 0.1) is 0 Å². The molecule has 130 valence electrons. The fraction of sp³-hybridized carbons (Fsp3) is 0.278. The van der Waals surface area contributed by atoms with Crippen LogP contribution in [0, 0.1) is 0 Å². The average Bonchev–Trinajstić information content (AvgIpc) is 2.88. The van der Waals surface area contributed by atoms with Crippen molar-refractivity contribution in [1.29, 1.82) is 0 Å². The van der Waals surface area contributed by atoms with Crippen molar-refractivity contribution in [2.24, 2.45) is 0 Å². The Hall–Kier alpha value is -2.60. The molecule has 25 heavy (non-hydrogen) atoms. The van der Waals surface area contributed by atoms with E-state index >= 15 is 0 Å². The molecule has 0 spiro atoms. The Kier molecular flexibility index (Phi) is 5.50. The highest BCUT2D eigenvalue weighted by Crippen LogP contribution is 2.16. The zero-order chi connectivity index (χ0) is 17.6. The number of aromatic nitrogens is 1. The van der Waals surface area contributed by atoms with Crippen LogP contribution < -0.4 is 5.32 Å². The number of amides is 3. The van der Waals surface area contributed by atoms with Crippen LogP contribution in [-0.4, -0.2) is 52.9 Å². The lowest BCUT2D eigenvalue weighted by Crippen LogP contribution is -2.39. The van der Waals surface area contributed by atoms with Gasteiger partial charge in [0.15, 0.2) is 0 Å². The van der Waals surface area contributed by atoms with Gasteiger partial charge in [-0.1, -0.05) is 17.7 Å². The van der Waals surface area contributed by atoms with Gasteiger partial charge in [-0.15, -0.1) is 0 Å². The second-order valence-corrected chi connectivity index (χ2v) is 6.25. The van der Waals surface area contributed by atoms with E-state index in [2.05, 4.69) is 10.3 Å². The van der Waals surface area contributed by atoms with Gasteiger partial charge in [-0.2, -0.15) is 0 Å². The summed E-state index contributed by atoms with van der Waals surface area (Å²) in [5.74, 6) is -0.0282. The average molecular weight is 359 g/mol. The number of carbonyl (C=O) groups excluding carboxylic acids is 2. The molecule has 1 saturated heterocycles. The SMILES string of the molecule is O=C(Nc1cccc(Cl)c1)N1CCCN(C(=O)c2ccncc2)CC1. The first-order valence-electron chi connectivity index (χ1n) is 8.14. The van der Waals surface area contributed by atoms with Crippen LogP contribution in [-0.2, 0) is 0 Å². The van der Waals surface area contributed by atoms with Crippen LogP contribution in [0.2, 0.25) is 5.02 Å². The molecule has 3 amide bonds. The van der Waals surface area contributed by atoms with Gasteiger partial charge in [0.2, 0.25) is 0 Å². The Labute approximate surface area is 151 Å². The van der Waals surface area contributed by atoms with Crippen LogP contribution in [0.1, 0.15) is 16.8 Å². The molecule has 1 aliphatic rings. The highest BCUT2D eigenvalue weighted by Gasteiger charge is 2.22. The Morgan fingerprint density at radius 3 is 2.48 bits per heavy atom. The number of hydrogen-bond donors (Lipinski definition) is 1. The number of urea groups is 1. The molecular formula is C18H19ClN4O2. The van der Waals surface area contributed by atoms with Gasteiger partial charge in [0.25, 0.3) is 5.91 Å². The fourth-order valence-corrected chi connectivity index (χ4v) is 2.96. The Morgan fingerprint density at radius 2 is 1.72 bits per heavy atom. The van der Waals surface area contributed by atoms with E-state index in [-0.39, 0.29) is 11.9 Å². The van der Waals surface area contributed by atoms with E-state index in [0.29, 0.717) is 42.5 Å². The number of nitrogens with zero attached hydrogens (tertiary/aromatic N) is 3. The molecule has 0 aliphatic carbocycles. The van der Waals surface area contributed by atoms with Gasteiger partial charge < -0.3 is 15.1 Å². The summed E-state index contributed by atoms with van der Waals surface area (Å²) in [4.78, 5) is 32.4. The molecule has 7 heteroatoms. The van der Waals surface area contributed by atoms with E-state index in [1.165, 1.54) is 0 Å². The molecule has 0 radical (unpaired) electrons. The van der Waals surface area contributed by atoms with Crippen LogP contribution in [0.3, 0.4) is 0 Å². The largest absolute Gasteiger partial charge is 0.337 e. The molecule has 0 bridgehead atoms. The van der Waals surface area contributed by atoms with E-state index in [0.717, 1.165) is 6.42 Å². The first kappa shape index (κ1) is 17.2. The summed E-state index contributed by atoms with van der Waals surface area (Å²) in [6.45, 7) is 2.22. The lowest BCUT2D eigenvalue weighted by atomic mass is 10.2. The Balaban J connectivity index is 1.59. The molecule has 1 aliphatic heterocycles. The zero-order valence-electron chi connectivity index (χ0n) is 13.7. The first-order chi connectivity index (χ1) is 12.1. The summed E-state index contributed by atoms with van der Waals surface area (Å²) in [5, 5.41) is 3.42. The molecule has 0 atom stereocenters. The summed E-state index contributed by atoms with van der Waals surface area (Å²) in [7, 11) is 0. The lowest BCUT2D eigenvalue weighted by Gasteiger charge is -2.22. The third-order valence-corrected chi connectivity index (χ3v) is 4.31. The summed E-state index contributed by atoms with van der Waals surface area (Å²) >= 11 is 5.94. The molecule has 0 saturated carbocycles. The molecule has 0 unspecified atom stereocenters. The smallest absolute Gasteiger partial charge is 0.321 e. The maximum Gasteiger partial charge on any atom is 0.321 e. The highest BCUT2D eigenvalue weighted by molar-refractivity contribution is 6.30. The number of rotatable bonds is 2. The fourth-order valence-electron chi connectivity index (χ4n) is 2.77. The second-order valence-electron chi connectivity index (χ2n) is 5.81. The van der Waals surface area contributed by atoms with Crippen LogP contribution in [0.4, 0.5) is 10.5 Å². The standard InChI is InChI=1S/C18H19ClN4O2/c19-15-3-1-4-16(13-15)21-18(25)23-10-2-9-22(11-12-23)17(24)14-5-7-20-8-6-14/h1,3-8,13H,2,9-12H2,(H,21,25). The molecule has 3 rings (SSSR count). The maximum atomic E-state index is 12.5. The molecule has 1 aromatic heterocycles. The molecule has 1 N–H and O–H groups in total. The number of benzene rings is 1. The molecule has 1 aromatic carbocycles. The second kappa shape index (κ2) is 7.98. The van der Waals surface area contributed by atoms with Crippen molar-refractivity contribution in [3.05, 3.63) is 59.4 Å². The molecule has 6 nitrogen and oxygen atoms in total. The van der Waals surface area contributed by atoms with Crippen LogP contribution in [0.15, 0.2) is 48.8 Å². The van der Waals surface area contributed by atoms with Gasteiger partial charge in [-0.25, -0.2) is 4.79 Å². The number of pyridine rings is 1. The van der Waals surface area contributed by atoms with Crippen molar-refractivity contribution >= 4 is 29.2 Å². The van der Waals surface area contributed by atoms with Crippen molar-refractivity contribution < 1.29 is 9.59 Å². The van der Waals surface area contributed by atoms with Crippen LogP contribution in [0.5, 0.6) is 0 Å². The van der Waals surface area contributed by atoms with Gasteiger partial charge in [0, 0.05) is 54.8 Å². The summed E-state index contributed by atoms with van der Waals surface area (Å²) in [5.41, 5.74) is 1.28. The monoisotopic (exact) mass is 358 g/mol. The highest BCUT2D eigenvalue weighted by atomic mass is 35.5. The molecule has 1 fully saturated rings. The number of nitrogens with one attached hydrogen (secondary N) is 1. The van der Waals surface area contributed by atoms with Gasteiger partial charge in [-0.3, -0.25) is 9.78 Å². The van der Waals surface area contributed by atoms with E-state index in [1.807, 2.05) is 0 Å². The van der Waals surface area contributed by atoms with E-state index in [4.69, 9.17) is 11.6 Å². The van der Waals surface area contributed by atoms with E-state index in [1.54, 1.807) is 58.6 Å². The van der Waals surface area contributed by atoms with Gasteiger partial charge in [-0.05, 0) is 36.8 Å². The Bertz CT molecular complexity index is 754. The van der Waals surface area contributed by atoms with Crippen LogP contribution >= 0.6 is 11.6 Å². The van der Waals surface area contributed by atoms with Crippen molar-refractivity contribution in [3.63, 3.8) is 0 Å². The number of anilines is 1. The minimum Gasteiger partial charge on any atom is -0.337 e. The predicted molar refractivity (Wildman–Crippen MR) is 96.8 cm³/mol. The third-order valence-electron chi connectivity index (χ3n) is 4.07. The first-order valence-corrected chi connectivity index (χ1v) is 8.52. The maximum absolute atomic E-state index is 12.5. The van der Waals surface area contributed by atoms with Crippen molar-refractivity contribution in [2.75, 3.05) is 31.5 Å². The lowest BCUT2D eigenvalue weighted by molar-refractivity contribution is 0.0762. The quantitative estimate of drug-likeness (QED) is 0.897. The van der Waals surface area contributed by atoms with Crippen molar-refractivity contribution in [3.8, 4) is 0 Å². The van der Waals surface area contributed by atoms with Crippen molar-refractivity contribution in [2.45, 2.75) is 6.42 Å². The van der Waals surface area contributed by atoms with Crippen LogP contribution in [0.25, 0.3) is 0 Å². The molecule has 2 heterocycles. The normalized spacial score (nSPS) is 14.8. The number of halogens is 1. The zero-order valence-corrected chi connectivity index (χ0v) is 14.4. The summed E-state index contributed by atoms with van der Waals surface area (Å²) < 4.78 is 0. The molecule has 2 aromatic rings. The summed E-state index contributed by atoms with van der Waals surface area (Å²) in [6.07, 6.45) is 3.95. The minimum atomic E-state index is -0.180. The van der Waals surface area contributed by atoms with E-state index in [9.17, 15) is 9.59 Å². The topological polar surface area (TPSA) is 65.5 Å². The van der Waals surface area contributed by atoms with Crippen molar-refractivity contribution in [1.82, 2.24) is 14.8 Å². The Morgan fingerprint density at radius 1 is 1.00 bits per heavy atom. The molecular weight excluding hydrogens is 340 g/mol. The van der Waals surface area contributed by atoms with Gasteiger partial charge in [0.1, 0.15) is 0 Å².